The summed E-state index contributed by atoms with van der Waals surface area (Å²) in [6, 6.07) is 0.243. The molecule has 0 saturated heterocycles. The molecule has 1 aromatic heterocycles. The van der Waals surface area contributed by atoms with Gasteiger partial charge < -0.3 is 15.0 Å². The molecule has 16 heavy (non-hydrogen) atoms. The van der Waals surface area contributed by atoms with Crippen LogP contribution in [0.15, 0.2) is 12.4 Å². The second-order valence-electron chi connectivity index (χ2n) is 4.78. The third-order valence-corrected chi connectivity index (χ3v) is 3.55. The van der Waals surface area contributed by atoms with Gasteiger partial charge in [0.25, 0.3) is 0 Å². The first-order chi connectivity index (χ1) is 7.68. The molecule has 1 aliphatic rings. The summed E-state index contributed by atoms with van der Waals surface area (Å²) in [4.78, 5) is 4.32. The first-order valence-electron chi connectivity index (χ1n) is 6.07. The maximum atomic E-state index is 9.73. The van der Waals surface area contributed by atoms with Crippen LogP contribution in [0.1, 0.15) is 38.1 Å². The lowest BCUT2D eigenvalue weighted by atomic mass is 10.1. The molecule has 2 N–H and O–H groups in total. The molecule has 0 spiro atoms. The molecule has 4 nitrogen and oxygen atoms in total. The number of hydrogen-bond donors (Lipinski definition) is 2. The molecule has 1 aliphatic carbocycles. The zero-order valence-corrected chi connectivity index (χ0v) is 10.1. The maximum absolute atomic E-state index is 9.73. The van der Waals surface area contributed by atoms with Gasteiger partial charge in [0.05, 0.1) is 12.1 Å². The van der Waals surface area contributed by atoms with Crippen molar-refractivity contribution in [1.82, 2.24) is 14.9 Å². The Hall–Kier alpha value is -0.870. The van der Waals surface area contributed by atoms with Gasteiger partial charge in [-0.2, -0.15) is 0 Å². The third kappa shape index (κ3) is 2.44. The topological polar surface area (TPSA) is 50.1 Å². The van der Waals surface area contributed by atoms with Gasteiger partial charge in [0.1, 0.15) is 5.82 Å². The average Bonchev–Trinajstić information content (AvgIpc) is 2.84. The highest BCUT2D eigenvalue weighted by molar-refractivity contribution is 4.97. The Kier molecular flexibility index (Phi) is 3.61. The van der Waals surface area contributed by atoms with Gasteiger partial charge in [-0.15, -0.1) is 0 Å². The summed E-state index contributed by atoms with van der Waals surface area (Å²) < 4.78 is 2.03. The average molecular weight is 223 g/mol. The van der Waals surface area contributed by atoms with E-state index in [9.17, 15) is 5.11 Å². The molecule has 0 amide bonds. The van der Waals surface area contributed by atoms with Crippen molar-refractivity contribution in [2.45, 2.75) is 38.3 Å². The van der Waals surface area contributed by atoms with Crippen LogP contribution in [0.5, 0.6) is 0 Å². The Morgan fingerprint density at radius 1 is 1.62 bits per heavy atom. The number of rotatable bonds is 4. The molecule has 90 valence electrons. The van der Waals surface area contributed by atoms with E-state index in [0.717, 1.165) is 31.6 Å². The van der Waals surface area contributed by atoms with Gasteiger partial charge in [0.2, 0.25) is 0 Å². The summed E-state index contributed by atoms with van der Waals surface area (Å²) in [5.41, 5.74) is 0. The monoisotopic (exact) mass is 223 g/mol. The fourth-order valence-electron chi connectivity index (χ4n) is 2.47. The van der Waals surface area contributed by atoms with Gasteiger partial charge in [-0.25, -0.2) is 4.98 Å². The number of nitrogens with one attached hydrogen (secondary N) is 1. The van der Waals surface area contributed by atoms with Gasteiger partial charge in [-0.05, 0) is 25.7 Å². The minimum absolute atomic E-state index is 0.110. The fraction of sp³-hybridized carbons (Fsp3) is 0.750. The van der Waals surface area contributed by atoms with Crippen molar-refractivity contribution < 1.29 is 5.11 Å². The summed E-state index contributed by atoms with van der Waals surface area (Å²) in [5.74, 6) is 1.47. The molecule has 0 aliphatic heterocycles. The highest BCUT2D eigenvalue weighted by atomic mass is 16.3. The molecule has 3 unspecified atom stereocenters. The molecule has 4 heteroatoms. The van der Waals surface area contributed by atoms with E-state index >= 15 is 0 Å². The molecule has 1 saturated carbocycles. The van der Waals surface area contributed by atoms with Crippen LogP contribution in [0.25, 0.3) is 0 Å². The Labute approximate surface area is 96.7 Å². The number of aryl methyl sites for hydroxylation is 1. The van der Waals surface area contributed by atoms with Gasteiger partial charge in [0, 0.05) is 26.0 Å². The van der Waals surface area contributed by atoms with Crippen molar-refractivity contribution in [3.8, 4) is 0 Å². The zero-order chi connectivity index (χ0) is 11.5. The van der Waals surface area contributed by atoms with Crippen LogP contribution < -0.4 is 5.32 Å². The zero-order valence-electron chi connectivity index (χ0n) is 10.1. The first kappa shape index (κ1) is 11.6. The largest absolute Gasteiger partial charge is 0.393 e. The van der Waals surface area contributed by atoms with Crippen molar-refractivity contribution >= 4 is 0 Å². The lowest BCUT2D eigenvalue weighted by Gasteiger charge is -2.19. The molecule has 3 atom stereocenters. The molecule has 0 radical (unpaired) electrons. The van der Waals surface area contributed by atoms with Gasteiger partial charge >= 0.3 is 0 Å². The van der Waals surface area contributed by atoms with Crippen LogP contribution in [-0.4, -0.2) is 27.3 Å². The van der Waals surface area contributed by atoms with Crippen molar-refractivity contribution in [3.05, 3.63) is 18.2 Å². The predicted molar refractivity (Wildman–Crippen MR) is 63.0 cm³/mol. The third-order valence-electron chi connectivity index (χ3n) is 3.55. The number of aromatic nitrogens is 2. The number of aliphatic hydroxyl groups is 1. The van der Waals surface area contributed by atoms with Crippen molar-refractivity contribution in [3.63, 3.8) is 0 Å². The van der Waals surface area contributed by atoms with Crippen LogP contribution in [0, 0.1) is 5.92 Å². The molecular weight excluding hydrogens is 202 g/mol. The van der Waals surface area contributed by atoms with Crippen LogP contribution >= 0.6 is 0 Å². The molecule has 1 heterocycles. The summed E-state index contributed by atoms with van der Waals surface area (Å²) >= 11 is 0. The Morgan fingerprint density at radius 2 is 2.44 bits per heavy atom. The lowest BCUT2D eigenvalue weighted by Crippen LogP contribution is -2.30. The van der Waals surface area contributed by atoms with E-state index in [2.05, 4.69) is 17.2 Å². The fourth-order valence-corrected chi connectivity index (χ4v) is 2.47. The summed E-state index contributed by atoms with van der Waals surface area (Å²) in [7, 11) is 2.00. The molecule has 0 bridgehead atoms. The van der Waals surface area contributed by atoms with Crippen LogP contribution in [-0.2, 0) is 7.05 Å². The van der Waals surface area contributed by atoms with Crippen LogP contribution in [0.2, 0.25) is 0 Å². The van der Waals surface area contributed by atoms with Crippen molar-refractivity contribution in [2.75, 3.05) is 6.54 Å². The van der Waals surface area contributed by atoms with Crippen molar-refractivity contribution in [1.29, 1.82) is 0 Å². The highest BCUT2D eigenvalue weighted by Crippen LogP contribution is 2.25. The molecular formula is C12H21N3O. The quantitative estimate of drug-likeness (QED) is 0.807. The summed E-state index contributed by atoms with van der Waals surface area (Å²) in [5, 5.41) is 13.2. The molecule has 1 aromatic rings. The molecule has 2 rings (SSSR count). The van der Waals surface area contributed by atoms with Gasteiger partial charge in [-0.1, -0.05) is 6.42 Å². The minimum atomic E-state index is -0.110. The normalized spacial score (nSPS) is 27.2. The van der Waals surface area contributed by atoms with Crippen molar-refractivity contribution in [2.24, 2.45) is 13.0 Å². The second kappa shape index (κ2) is 4.97. The highest BCUT2D eigenvalue weighted by Gasteiger charge is 2.25. The number of nitrogens with zero attached hydrogens (tertiary/aromatic N) is 2. The van der Waals surface area contributed by atoms with Gasteiger partial charge in [0.15, 0.2) is 0 Å². The standard InChI is InChI=1S/C12H21N3O/c1-9(12-13-6-7-15(12)2)14-8-10-4-3-5-11(10)16/h6-7,9-11,14,16H,3-5,8H2,1-2H3. The predicted octanol–water partition coefficient (Wildman–Crippen LogP) is 1.23. The number of hydrogen-bond acceptors (Lipinski definition) is 3. The van der Waals surface area contributed by atoms with E-state index < -0.39 is 0 Å². The molecule has 1 fully saturated rings. The van der Waals surface area contributed by atoms with Gasteiger partial charge in [-0.3, -0.25) is 0 Å². The Balaban J connectivity index is 1.84. The minimum Gasteiger partial charge on any atom is -0.393 e. The van der Waals surface area contributed by atoms with E-state index in [1.807, 2.05) is 24.0 Å². The van der Waals surface area contributed by atoms with Crippen LogP contribution in [0.3, 0.4) is 0 Å². The van der Waals surface area contributed by atoms with Crippen LogP contribution in [0.4, 0.5) is 0 Å². The second-order valence-corrected chi connectivity index (χ2v) is 4.78. The number of imidazole rings is 1. The van der Waals surface area contributed by atoms with E-state index in [4.69, 9.17) is 0 Å². The first-order valence-corrected chi connectivity index (χ1v) is 6.07. The maximum Gasteiger partial charge on any atom is 0.125 e. The van der Waals surface area contributed by atoms with E-state index in [0.29, 0.717) is 5.92 Å². The Morgan fingerprint density at radius 3 is 3.00 bits per heavy atom. The summed E-state index contributed by atoms with van der Waals surface area (Å²) in [6.45, 7) is 3.00. The smallest absolute Gasteiger partial charge is 0.125 e. The number of aliphatic hydroxyl groups excluding tert-OH is 1. The Bertz CT molecular complexity index is 337. The van der Waals surface area contributed by atoms with E-state index in [1.54, 1.807) is 0 Å². The van der Waals surface area contributed by atoms with E-state index in [1.165, 1.54) is 0 Å². The lowest BCUT2D eigenvalue weighted by molar-refractivity contribution is 0.130. The summed E-state index contributed by atoms with van der Waals surface area (Å²) in [6.07, 6.45) is 6.92. The molecule has 0 aromatic carbocycles. The SMILES string of the molecule is CC(NCC1CCCC1O)c1nccn1C. The van der Waals surface area contributed by atoms with E-state index in [-0.39, 0.29) is 12.1 Å².